The fourth-order valence-electron chi connectivity index (χ4n) is 3.03. The summed E-state index contributed by atoms with van der Waals surface area (Å²) in [6.45, 7) is 4.03. The number of aliphatic hydroxyl groups excluding tert-OH is 1. The van der Waals surface area contributed by atoms with Crippen LogP contribution in [-0.2, 0) is 0 Å². The highest BCUT2D eigenvalue weighted by molar-refractivity contribution is 8.00. The molecule has 0 radical (unpaired) electrons. The summed E-state index contributed by atoms with van der Waals surface area (Å²) in [4.78, 5) is 0. The lowest BCUT2D eigenvalue weighted by molar-refractivity contribution is 0.195. The van der Waals surface area contributed by atoms with E-state index in [4.69, 9.17) is 0 Å². The highest BCUT2D eigenvalue weighted by Crippen LogP contribution is 2.39. The maximum Gasteiger partial charge on any atom is 0.0628 e. The van der Waals surface area contributed by atoms with E-state index in [-0.39, 0.29) is 6.10 Å². The number of hydrogen-bond donors (Lipinski definition) is 2. The maximum atomic E-state index is 9.75. The molecule has 1 saturated carbocycles. The molecular formula is C17H27NOS. The van der Waals surface area contributed by atoms with Gasteiger partial charge in [-0.1, -0.05) is 37.3 Å². The Bertz CT molecular complexity index is 395. The van der Waals surface area contributed by atoms with E-state index in [9.17, 15) is 5.11 Å². The lowest BCUT2D eigenvalue weighted by atomic mass is 9.81. The molecule has 0 bridgehead atoms. The number of rotatable bonds is 5. The van der Waals surface area contributed by atoms with Gasteiger partial charge in [0.2, 0.25) is 0 Å². The maximum absolute atomic E-state index is 9.75. The van der Waals surface area contributed by atoms with Crippen molar-refractivity contribution in [3.8, 4) is 0 Å². The third-order valence-electron chi connectivity index (χ3n) is 4.50. The number of nitrogens with one attached hydrogen (secondary N) is 1. The number of benzene rings is 1. The molecule has 1 aromatic rings. The monoisotopic (exact) mass is 293 g/mol. The average molecular weight is 293 g/mol. The summed E-state index contributed by atoms with van der Waals surface area (Å²) >= 11 is 1.95. The average Bonchev–Trinajstić information content (AvgIpc) is 2.48. The van der Waals surface area contributed by atoms with Gasteiger partial charge in [-0.25, -0.2) is 0 Å². The lowest BCUT2D eigenvalue weighted by Gasteiger charge is -2.37. The minimum atomic E-state index is -0.241. The normalized spacial score (nSPS) is 29.9. The van der Waals surface area contributed by atoms with Crippen molar-refractivity contribution in [3.05, 3.63) is 35.9 Å². The summed E-state index contributed by atoms with van der Waals surface area (Å²) in [7, 11) is 2.06. The molecule has 1 aromatic carbocycles. The number of hydrogen-bond acceptors (Lipinski definition) is 3. The largest absolute Gasteiger partial charge is 0.392 e. The zero-order valence-corrected chi connectivity index (χ0v) is 13.6. The van der Waals surface area contributed by atoms with Gasteiger partial charge in [0.1, 0.15) is 0 Å². The molecule has 5 atom stereocenters. The van der Waals surface area contributed by atoms with Crippen molar-refractivity contribution in [1.82, 2.24) is 5.32 Å². The Balaban J connectivity index is 2.03. The van der Waals surface area contributed by atoms with E-state index in [1.165, 1.54) is 24.8 Å². The van der Waals surface area contributed by atoms with E-state index < -0.39 is 0 Å². The highest BCUT2D eigenvalue weighted by Gasteiger charge is 2.32. The molecule has 1 aliphatic carbocycles. The summed E-state index contributed by atoms with van der Waals surface area (Å²) in [5.74, 6) is 0.666. The molecule has 1 aliphatic rings. The summed E-state index contributed by atoms with van der Waals surface area (Å²) in [5.41, 5.74) is 1.47. The van der Waals surface area contributed by atoms with Crippen molar-refractivity contribution in [3.63, 3.8) is 0 Å². The van der Waals surface area contributed by atoms with Gasteiger partial charge in [-0.15, -0.1) is 0 Å². The van der Waals surface area contributed by atoms with Crippen molar-refractivity contribution in [1.29, 1.82) is 0 Å². The standard InChI is InChI=1S/C17H27NOS/c1-12(19)13(2)20-17-11-15(9-10-16(17)18-3)14-7-5-4-6-8-14/h4-8,12-13,15-19H,9-11H2,1-3H3. The van der Waals surface area contributed by atoms with Crippen molar-refractivity contribution in [2.24, 2.45) is 0 Å². The third kappa shape index (κ3) is 4.00. The Morgan fingerprint density at radius 2 is 1.90 bits per heavy atom. The van der Waals surface area contributed by atoms with E-state index in [1.54, 1.807) is 0 Å². The first-order valence-electron chi connectivity index (χ1n) is 7.67. The Hall–Kier alpha value is -0.510. The second kappa shape index (κ2) is 7.48. The van der Waals surface area contributed by atoms with Gasteiger partial charge in [0, 0.05) is 16.5 Å². The Kier molecular flexibility index (Phi) is 5.94. The van der Waals surface area contributed by atoms with Crippen LogP contribution < -0.4 is 5.32 Å². The van der Waals surface area contributed by atoms with Crippen LogP contribution in [0.3, 0.4) is 0 Å². The van der Waals surface area contributed by atoms with Crippen LogP contribution in [0, 0.1) is 0 Å². The summed E-state index contributed by atoms with van der Waals surface area (Å²) in [5, 5.41) is 14.1. The third-order valence-corrected chi connectivity index (χ3v) is 6.20. The van der Waals surface area contributed by atoms with Crippen molar-refractivity contribution in [2.75, 3.05) is 7.05 Å². The molecule has 2 rings (SSSR count). The fraction of sp³-hybridized carbons (Fsp3) is 0.647. The molecule has 2 nitrogen and oxygen atoms in total. The van der Waals surface area contributed by atoms with Crippen molar-refractivity contribution >= 4 is 11.8 Å². The number of thioether (sulfide) groups is 1. The van der Waals surface area contributed by atoms with Crippen molar-refractivity contribution in [2.45, 2.75) is 61.7 Å². The van der Waals surface area contributed by atoms with Crippen LogP contribution in [-0.4, -0.2) is 34.8 Å². The Morgan fingerprint density at radius 3 is 2.50 bits per heavy atom. The van der Waals surface area contributed by atoms with Crippen LogP contribution in [0.1, 0.15) is 44.6 Å². The van der Waals surface area contributed by atoms with Gasteiger partial charge in [0.25, 0.3) is 0 Å². The first kappa shape index (κ1) is 15.9. The molecule has 0 amide bonds. The molecule has 3 heteroatoms. The van der Waals surface area contributed by atoms with Crippen LogP contribution >= 0.6 is 11.8 Å². The summed E-state index contributed by atoms with van der Waals surface area (Å²) < 4.78 is 0. The fourth-order valence-corrected chi connectivity index (χ4v) is 4.61. The molecule has 112 valence electrons. The molecule has 0 aromatic heterocycles. The summed E-state index contributed by atoms with van der Waals surface area (Å²) in [6, 6.07) is 11.4. The zero-order chi connectivity index (χ0) is 14.5. The first-order chi connectivity index (χ1) is 9.61. The van der Waals surface area contributed by atoms with Gasteiger partial charge in [-0.05, 0) is 44.7 Å². The van der Waals surface area contributed by atoms with E-state index in [1.807, 2.05) is 18.7 Å². The Morgan fingerprint density at radius 1 is 1.20 bits per heavy atom. The Labute approximate surface area is 127 Å². The number of aliphatic hydroxyl groups is 1. The molecule has 5 unspecified atom stereocenters. The van der Waals surface area contributed by atoms with Gasteiger partial charge in [-0.2, -0.15) is 11.8 Å². The molecule has 20 heavy (non-hydrogen) atoms. The minimum absolute atomic E-state index is 0.241. The highest BCUT2D eigenvalue weighted by atomic mass is 32.2. The lowest BCUT2D eigenvalue weighted by Crippen LogP contribution is -2.41. The predicted molar refractivity (Wildman–Crippen MR) is 88.4 cm³/mol. The van der Waals surface area contributed by atoms with Gasteiger partial charge >= 0.3 is 0 Å². The quantitative estimate of drug-likeness (QED) is 0.872. The van der Waals surface area contributed by atoms with Gasteiger partial charge in [-0.3, -0.25) is 0 Å². The molecule has 0 saturated heterocycles. The molecule has 0 aliphatic heterocycles. The van der Waals surface area contributed by atoms with Crippen LogP contribution in [0.4, 0.5) is 0 Å². The zero-order valence-electron chi connectivity index (χ0n) is 12.8. The molecule has 0 heterocycles. The van der Waals surface area contributed by atoms with Crippen LogP contribution in [0.5, 0.6) is 0 Å². The van der Waals surface area contributed by atoms with Crippen LogP contribution in [0.2, 0.25) is 0 Å². The van der Waals surface area contributed by atoms with Crippen molar-refractivity contribution < 1.29 is 5.11 Å². The molecule has 1 fully saturated rings. The molecule has 2 N–H and O–H groups in total. The van der Waals surface area contributed by atoms with Gasteiger partial charge < -0.3 is 10.4 Å². The SMILES string of the molecule is CNC1CCC(c2ccccc2)CC1SC(C)C(C)O. The predicted octanol–water partition coefficient (Wildman–Crippen LogP) is 3.41. The smallest absolute Gasteiger partial charge is 0.0628 e. The topological polar surface area (TPSA) is 32.3 Å². The minimum Gasteiger partial charge on any atom is -0.392 e. The second-order valence-electron chi connectivity index (χ2n) is 5.94. The van der Waals surface area contributed by atoms with Crippen LogP contribution in [0.25, 0.3) is 0 Å². The van der Waals surface area contributed by atoms with E-state index >= 15 is 0 Å². The van der Waals surface area contributed by atoms with Gasteiger partial charge in [0.15, 0.2) is 0 Å². The molecule has 0 spiro atoms. The first-order valence-corrected chi connectivity index (χ1v) is 8.61. The van der Waals surface area contributed by atoms with Crippen LogP contribution in [0.15, 0.2) is 30.3 Å². The van der Waals surface area contributed by atoms with E-state index in [0.29, 0.717) is 22.5 Å². The second-order valence-corrected chi connectivity index (χ2v) is 7.56. The van der Waals surface area contributed by atoms with E-state index in [2.05, 4.69) is 49.6 Å². The summed E-state index contributed by atoms with van der Waals surface area (Å²) in [6.07, 6.45) is 3.45. The molecular weight excluding hydrogens is 266 g/mol. The van der Waals surface area contributed by atoms with E-state index in [0.717, 1.165) is 0 Å². The van der Waals surface area contributed by atoms with Gasteiger partial charge in [0.05, 0.1) is 6.10 Å².